The number of ether oxygens (including phenoxy) is 1. The molecule has 2 heterocycles. The highest BCUT2D eigenvalue weighted by molar-refractivity contribution is 5.89. The van der Waals surface area contributed by atoms with Gasteiger partial charge in [-0.2, -0.15) is 0 Å². The Morgan fingerprint density at radius 3 is 2.83 bits per heavy atom. The van der Waals surface area contributed by atoms with Crippen LogP contribution in [0.2, 0.25) is 0 Å². The van der Waals surface area contributed by atoms with Gasteiger partial charge in [-0.25, -0.2) is 0 Å². The highest BCUT2D eigenvalue weighted by Crippen LogP contribution is 2.36. The van der Waals surface area contributed by atoms with Gasteiger partial charge in [0.05, 0.1) is 17.6 Å². The zero-order valence-electron chi connectivity index (χ0n) is 13.9. The number of aryl methyl sites for hydroxylation is 1. The van der Waals surface area contributed by atoms with Crippen LogP contribution in [0.1, 0.15) is 25.0 Å². The number of aromatic amines is 1. The Morgan fingerprint density at radius 1 is 1.46 bits per heavy atom. The zero-order chi connectivity index (χ0) is 16.8. The van der Waals surface area contributed by atoms with Crippen LogP contribution >= 0.6 is 12.4 Å². The number of benzene rings is 1. The fourth-order valence-corrected chi connectivity index (χ4v) is 2.84. The molecule has 0 radical (unpaired) electrons. The third-order valence-corrected chi connectivity index (χ3v) is 4.05. The number of carbonyl (C=O) groups is 1. The summed E-state index contributed by atoms with van der Waals surface area (Å²) in [6, 6.07) is 5.31. The van der Waals surface area contributed by atoms with Gasteiger partial charge in [-0.1, -0.05) is 6.07 Å². The lowest BCUT2D eigenvalue weighted by molar-refractivity contribution is -0.125. The van der Waals surface area contributed by atoms with Crippen molar-refractivity contribution < 1.29 is 9.53 Å². The molecule has 0 aliphatic carbocycles. The number of aromatic nitrogens is 1. The molecule has 0 saturated heterocycles. The maximum absolute atomic E-state index is 11.9. The van der Waals surface area contributed by atoms with Crippen LogP contribution < -0.4 is 21.3 Å². The zero-order valence-corrected chi connectivity index (χ0v) is 14.8. The fraction of sp³-hybridized carbons (Fsp3) is 0.412. The molecule has 3 rings (SSSR count). The monoisotopic (exact) mass is 351 g/mol. The number of carbonyl (C=O) groups excluding carboxylic acids is 1. The second-order valence-corrected chi connectivity index (χ2v) is 6.67. The summed E-state index contributed by atoms with van der Waals surface area (Å²) in [5.41, 5.74) is 7.62. The molecule has 4 N–H and O–H groups in total. The Morgan fingerprint density at radius 2 is 2.17 bits per heavy atom. The van der Waals surface area contributed by atoms with Gasteiger partial charge in [0.1, 0.15) is 11.9 Å². The number of H-pyrrole nitrogens is 1. The SMILES string of the molecule is Cc1cc2c(c3ccc(=O)[nH]c13)OC(CNC(=O)C(C)(C)N)C2.Cl. The van der Waals surface area contributed by atoms with E-state index in [1.54, 1.807) is 19.9 Å². The number of rotatable bonds is 3. The topological polar surface area (TPSA) is 97.2 Å². The Hall–Kier alpha value is -2.05. The van der Waals surface area contributed by atoms with Crippen LogP contribution in [0.4, 0.5) is 0 Å². The van der Waals surface area contributed by atoms with Crippen LogP contribution in [-0.2, 0) is 11.2 Å². The first kappa shape index (κ1) is 18.3. The standard InChI is InChI=1S/C17H21N3O3.ClH/c1-9-6-10-7-11(8-19-16(22)17(2,3)18)23-15(10)12-4-5-13(21)20-14(9)12;/h4-6,11H,7-8,18H2,1-3H3,(H,19,22)(H,20,21);1H. The second-order valence-electron chi connectivity index (χ2n) is 6.67. The van der Waals surface area contributed by atoms with Crippen LogP contribution in [0.25, 0.3) is 10.9 Å². The number of amides is 1. The molecule has 7 heteroatoms. The summed E-state index contributed by atoms with van der Waals surface area (Å²) in [5.74, 6) is 0.579. The van der Waals surface area contributed by atoms with Gasteiger partial charge in [0.15, 0.2) is 0 Å². The summed E-state index contributed by atoms with van der Waals surface area (Å²) in [4.78, 5) is 26.2. The maximum atomic E-state index is 11.9. The van der Waals surface area contributed by atoms with Crippen molar-refractivity contribution in [2.45, 2.75) is 38.8 Å². The van der Waals surface area contributed by atoms with Crippen LogP contribution in [0.5, 0.6) is 5.75 Å². The van der Waals surface area contributed by atoms with E-state index in [1.165, 1.54) is 6.07 Å². The van der Waals surface area contributed by atoms with Crippen molar-refractivity contribution in [3.8, 4) is 5.75 Å². The molecule has 24 heavy (non-hydrogen) atoms. The normalized spacial score (nSPS) is 16.2. The van der Waals surface area contributed by atoms with Gasteiger partial charge in [0, 0.05) is 17.9 Å². The largest absolute Gasteiger partial charge is 0.487 e. The molecule has 6 nitrogen and oxygen atoms in total. The Kier molecular flexibility index (Phi) is 4.92. The summed E-state index contributed by atoms with van der Waals surface area (Å²) in [5, 5.41) is 3.72. The number of nitrogens with two attached hydrogens (primary N) is 1. The molecular weight excluding hydrogens is 330 g/mol. The molecule has 1 atom stereocenters. The molecule has 1 aromatic heterocycles. The lowest BCUT2D eigenvalue weighted by Gasteiger charge is -2.19. The van der Waals surface area contributed by atoms with Crippen molar-refractivity contribution in [3.63, 3.8) is 0 Å². The molecule has 0 bridgehead atoms. The summed E-state index contributed by atoms with van der Waals surface area (Å²) in [6.45, 7) is 5.70. The summed E-state index contributed by atoms with van der Waals surface area (Å²) < 4.78 is 6.00. The van der Waals surface area contributed by atoms with Gasteiger partial charge in [-0.05, 0) is 38.0 Å². The molecule has 1 aromatic carbocycles. The number of halogens is 1. The van der Waals surface area contributed by atoms with Gasteiger partial charge in [-0.15, -0.1) is 12.4 Å². The molecule has 1 aliphatic heterocycles. The van der Waals surface area contributed by atoms with E-state index in [0.717, 1.165) is 34.2 Å². The predicted octanol–water partition coefficient (Wildman–Crippen LogP) is 1.42. The lowest BCUT2D eigenvalue weighted by atomic mass is 10.0. The fourth-order valence-electron chi connectivity index (χ4n) is 2.84. The van der Waals surface area contributed by atoms with E-state index in [9.17, 15) is 9.59 Å². The van der Waals surface area contributed by atoms with Crippen molar-refractivity contribution in [2.75, 3.05) is 6.54 Å². The smallest absolute Gasteiger partial charge is 0.248 e. The molecule has 0 saturated carbocycles. The van der Waals surface area contributed by atoms with Gasteiger partial charge in [-0.3, -0.25) is 9.59 Å². The Labute approximate surface area is 146 Å². The minimum absolute atomic E-state index is 0. The lowest BCUT2D eigenvalue weighted by Crippen LogP contribution is -2.51. The third-order valence-electron chi connectivity index (χ3n) is 4.05. The first-order valence-corrected chi connectivity index (χ1v) is 7.65. The molecule has 130 valence electrons. The van der Waals surface area contributed by atoms with Crippen molar-refractivity contribution in [3.05, 3.63) is 39.7 Å². The van der Waals surface area contributed by atoms with Gasteiger partial charge >= 0.3 is 0 Å². The molecule has 1 unspecified atom stereocenters. The van der Waals surface area contributed by atoms with Crippen LogP contribution in [0, 0.1) is 6.92 Å². The predicted molar refractivity (Wildman–Crippen MR) is 95.9 cm³/mol. The first-order chi connectivity index (χ1) is 10.8. The number of hydrogen-bond acceptors (Lipinski definition) is 4. The molecule has 1 aliphatic rings. The quantitative estimate of drug-likeness (QED) is 0.779. The second kappa shape index (κ2) is 6.45. The first-order valence-electron chi connectivity index (χ1n) is 7.65. The van der Waals surface area contributed by atoms with Gasteiger partial charge in [0.25, 0.3) is 0 Å². The molecule has 0 spiro atoms. The maximum Gasteiger partial charge on any atom is 0.248 e. The van der Waals surface area contributed by atoms with E-state index in [-0.39, 0.29) is 30.0 Å². The highest BCUT2D eigenvalue weighted by Gasteiger charge is 2.28. The summed E-state index contributed by atoms with van der Waals surface area (Å²) >= 11 is 0. The van der Waals surface area contributed by atoms with Crippen molar-refractivity contribution >= 4 is 29.2 Å². The average Bonchev–Trinajstić information content (AvgIpc) is 2.86. The van der Waals surface area contributed by atoms with Gasteiger partial charge in [0.2, 0.25) is 11.5 Å². The molecular formula is C17H22ClN3O3. The van der Waals surface area contributed by atoms with E-state index in [4.69, 9.17) is 10.5 Å². The van der Waals surface area contributed by atoms with E-state index < -0.39 is 5.54 Å². The van der Waals surface area contributed by atoms with Crippen LogP contribution in [0.15, 0.2) is 23.0 Å². The number of nitrogens with one attached hydrogen (secondary N) is 2. The number of pyridine rings is 1. The van der Waals surface area contributed by atoms with Gasteiger partial charge < -0.3 is 20.8 Å². The van der Waals surface area contributed by atoms with Crippen molar-refractivity contribution in [1.29, 1.82) is 0 Å². The molecule has 1 amide bonds. The minimum atomic E-state index is -0.909. The third kappa shape index (κ3) is 3.39. The van der Waals surface area contributed by atoms with Crippen LogP contribution in [0.3, 0.4) is 0 Å². The highest BCUT2D eigenvalue weighted by atomic mass is 35.5. The van der Waals surface area contributed by atoms with Crippen molar-refractivity contribution in [1.82, 2.24) is 10.3 Å². The Bertz CT molecular complexity index is 839. The van der Waals surface area contributed by atoms with E-state index in [2.05, 4.69) is 10.3 Å². The van der Waals surface area contributed by atoms with E-state index in [0.29, 0.717) is 6.54 Å². The van der Waals surface area contributed by atoms with Crippen molar-refractivity contribution in [2.24, 2.45) is 5.73 Å². The number of hydrogen-bond donors (Lipinski definition) is 3. The van der Waals surface area contributed by atoms with E-state index in [1.807, 2.05) is 13.0 Å². The summed E-state index contributed by atoms with van der Waals surface area (Å²) in [7, 11) is 0. The Balaban J connectivity index is 0.00000208. The molecule has 2 aromatic rings. The molecule has 0 fully saturated rings. The minimum Gasteiger partial charge on any atom is -0.487 e. The summed E-state index contributed by atoms with van der Waals surface area (Å²) in [6.07, 6.45) is 0.587. The average molecular weight is 352 g/mol. The van der Waals surface area contributed by atoms with E-state index >= 15 is 0 Å². The number of fused-ring (bicyclic) bond motifs is 3. The van der Waals surface area contributed by atoms with Crippen LogP contribution in [-0.4, -0.2) is 29.1 Å².